The number of rotatable bonds is 0. The van der Waals surface area contributed by atoms with Crippen molar-refractivity contribution in [3.63, 3.8) is 0 Å². The first-order valence-corrected chi connectivity index (χ1v) is 4.57. The summed E-state index contributed by atoms with van der Waals surface area (Å²) in [6, 6.07) is 0. The Morgan fingerprint density at radius 2 is 1.56 bits per heavy atom. The summed E-state index contributed by atoms with van der Waals surface area (Å²) >= 11 is 0. The molecule has 0 aromatic carbocycles. The molecule has 1 rings (SSSR count). The van der Waals surface area contributed by atoms with Gasteiger partial charge in [0.05, 0.1) is 11.5 Å². The van der Waals surface area contributed by atoms with E-state index in [1.807, 2.05) is 0 Å². The van der Waals surface area contributed by atoms with Crippen LogP contribution < -0.4 is 0 Å². The van der Waals surface area contributed by atoms with Crippen LogP contribution in [-0.4, -0.2) is 12.4 Å². The molecule has 0 aliphatic heterocycles. The third-order valence-electron chi connectivity index (χ3n) is 2.70. The Balaban J connectivity index is 3.15. The lowest BCUT2D eigenvalue weighted by Crippen LogP contribution is -2.31. The van der Waals surface area contributed by atoms with E-state index in [0.717, 1.165) is 6.08 Å². The fourth-order valence-corrected chi connectivity index (χ4v) is 1.60. The van der Waals surface area contributed by atoms with Gasteiger partial charge in [-0.1, -0.05) is 24.6 Å². The van der Waals surface area contributed by atoms with Crippen LogP contribution in [0.25, 0.3) is 0 Å². The number of hydrogen-bond donors (Lipinski definition) is 0. The lowest BCUT2D eigenvalue weighted by Gasteiger charge is -2.29. The lowest BCUT2D eigenvalue weighted by atomic mass is 9.81. The summed E-state index contributed by atoms with van der Waals surface area (Å²) < 4.78 is 74.4. The van der Waals surface area contributed by atoms with Crippen LogP contribution in [0.5, 0.6) is 0 Å². The fraction of sp³-hybridized carbons (Fsp3) is 0.600. The van der Waals surface area contributed by atoms with Crippen molar-refractivity contribution < 1.29 is 26.3 Å². The maximum absolute atomic E-state index is 12.5. The molecule has 0 N–H and O–H groups in total. The van der Waals surface area contributed by atoms with Gasteiger partial charge in [-0.05, 0) is 12.8 Å². The molecule has 0 fully saturated rings. The van der Waals surface area contributed by atoms with E-state index < -0.39 is 29.8 Å². The monoisotopic (exact) mass is 244 g/mol. The Labute approximate surface area is 88.6 Å². The molecule has 2 atom stereocenters. The highest BCUT2D eigenvalue weighted by Gasteiger charge is 2.46. The van der Waals surface area contributed by atoms with E-state index in [9.17, 15) is 26.3 Å². The molecule has 0 heterocycles. The number of alkyl halides is 6. The second-order valence-electron chi connectivity index (χ2n) is 3.86. The third kappa shape index (κ3) is 2.59. The largest absolute Gasteiger partial charge is 0.416 e. The van der Waals surface area contributed by atoms with E-state index in [2.05, 4.69) is 0 Å². The zero-order valence-electron chi connectivity index (χ0n) is 8.58. The van der Waals surface area contributed by atoms with Gasteiger partial charge in [0.2, 0.25) is 0 Å². The summed E-state index contributed by atoms with van der Waals surface area (Å²) in [6.45, 7) is 2.55. The summed E-state index contributed by atoms with van der Waals surface area (Å²) in [5.74, 6) is -3.01. The number of allylic oxidation sites excluding steroid dienone is 4. The van der Waals surface area contributed by atoms with Gasteiger partial charge in [0.15, 0.2) is 0 Å². The Morgan fingerprint density at radius 1 is 1.06 bits per heavy atom. The molecule has 0 nitrogen and oxygen atoms in total. The van der Waals surface area contributed by atoms with Gasteiger partial charge in [-0.25, -0.2) is 0 Å². The zero-order valence-corrected chi connectivity index (χ0v) is 8.58. The Kier molecular flexibility index (Phi) is 3.13. The van der Waals surface area contributed by atoms with Crippen LogP contribution in [0.1, 0.15) is 13.8 Å². The van der Waals surface area contributed by atoms with Crippen molar-refractivity contribution in [3.05, 3.63) is 23.3 Å². The molecule has 1 aliphatic carbocycles. The molecule has 0 aromatic rings. The molecule has 1 aliphatic rings. The zero-order chi connectivity index (χ0) is 12.7. The van der Waals surface area contributed by atoms with Crippen molar-refractivity contribution in [1.82, 2.24) is 0 Å². The van der Waals surface area contributed by atoms with E-state index in [-0.39, 0.29) is 11.6 Å². The van der Waals surface area contributed by atoms with Crippen LogP contribution in [0.3, 0.4) is 0 Å². The molecule has 0 spiro atoms. The molecule has 16 heavy (non-hydrogen) atoms. The standard InChI is InChI=1S/C10H10F6/c1-5-3-7(9(11,12)13)4-8(6(5)2)10(14,15)16/h3-4,6,8H,1-2H3. The molecule has 0 amide bonds. The minimum Gasteiger partial charge on any atom is -0.170 e. The van der Waals surface area contributed by atoms with Crippen molar-refractivity contribution in [2.45, 2.75) is 26.2 Å². The molecule has 0 radical (unpaired) electrons. The smallest absolute Gasteiger partial charge is 0.170 e. The maximum Gasteiger partial charge on any atom is 0.416 e. The molecule has 0 bridgehead atoms. The number of hydrogen-bond acceptors (Lipinski definition) is 0. The molecule has 92 valence electrons. The fourth-order valence-electron chi connectivity index (χ4n) is 1.60. The van der Waals surface area contributed by atoms with E-state index in [4.69, 9.17) is 0 Å². The molecule has 0 saturated heterocycles. The Hall–Kier alpha value is -0.940. The second-order valence-corrected chi connectivity index (χ2v) is 3.86. The van der Waals surface area contributed by atoms with Crippen molar-refractivity contribution in [2.75, 3.05) is 0 Å². The maximum atomic E-state index is 12.5. The van der Waals surface area contributed by atoms with Gasteiger partial charge in [-0.3, -0.25) is 0 Å². The van der Waals surface area contributed by atoms with Gasteiger partial charge in [0, 0.05) is 0 Å². The summed E-state index contributed by atoms with van der Waals surface area (Å²) in [5.41, 5.74) is -1.12. The minimum absolute atomic E-state index is 0.0946. The molecule has 0 aromatic heterocycles. The van der Waals surface area contributed by atoms with Gasteiger partial charge < -0.3 is 0 Å². The van der Waals surface area contributed by atoms with Crippen molar-refractivity contribution >= 4 is 0 Å². The van der Waals surface area contributed by atoms with Crippen LogP contribution in [0, 0.1) is 11.8 Å². The van der Waals surface area contributed by atoms with Gasteiger partial charge in [-0.2, -0.15) is 26.3 Å². The van der Waals surface area contributed by atoms with Gasteiger partial charge in [0.1, 0.15) is 0 Å². The lowest BCUT2D eigenvalue weighted by molar-refractivity contribution is -0.171. The predicted molar refractivity (Wildman–Crippen MR) is 46.6 cm³/mol. The van der Waals surface area contributed by atoms with Crippen molar-refractivity contribution in [1.29, 1.82) is 0 Å². The quantitative estimate of drug-likeness (QED) is 0.559. The number of halogens is 6. The van der Waals surface area contributed by atoms with E-state index in [0.29, 0.717) is 0 Å². The van der Waals surface area contributed by atoms with Crippen LogP contribution in [0.4, 0.5) is 26.3 Å². The molecular weight excluding hydrogens is 234 g/mol. The summed E-state index contributed by atoms with van der Waals surface area (Å²) in [5, 5.41) is 0. The van der Waals surface area contributed by atoms with Gasteiger partial charge >= 0.3 is 12.4 Å². The highest BCUT2D eigenvalue weighted by Crippen LogP contribution is 2.43. The summed E-state index contributed by atoms with van der Waals surface area (Å²) in [7, 11) is 0. The average molecular weight is 244 g/mol. The van der Waals surface area contributed by atoms with Crippen LogP contribution in [0.15, 0.2) is 23.3 Å². The van der Waals surface area contributed by atoms with E-state index >= 15 is 0 Å². The van der Waals surface area contributed by atoms with E-state index in [1.165, 1.54) is 13.8 Å². The molecule has 0 saturated carbocycles. The third-order valence-corrected chi connectivity index (χ3v) is 2.70. The molecular formula is C10H10F6. The topological polar surface area (TPSA) is 0 Å². The Morgan fingerprint density at radius 3 is 1.94 bits per heavy atom. The average Bonchev–Trinajstić information content (AvgIpc) is 2.05. The van der Waals surface area contributed by atoms with Crippen LogP contribution in [0.2, 0.25) is 0 Å². The Bertz CT molecular complexity index is 330. The normalized spacial score (nSPS) is 27.5. The van der Waals surface area contributed by atoms with E-state index in [1.54, 1.807) is 0 Å². The predicted octanol–water partition coefficient (Wildman–Crippen LogP) is 4.25. The second kappa shape index (κ2) is 3.82. The summed E-state index contributed by atoms with van der Waals surface area (Å²) in [6.07, 6.45) is -8.35. The minimum atomic E-state index is -4.73. The highest BCUT2D eigenvalue weighted by atomic mass is 19.4. The highest BCUT2D eigenvalue weighted by molar-refractivity contribution is 5.34. The molecule has 6 heteroatoms. The SMILES string of the molecule is CC1=CC(C(F)(F)F)=CC(C(F)(F)F)C1C. The first-order valence-electron chi connectivity index (χ1n) is 4.57. The first kappa shape index (κ1) is 13.1. The van der Waals surface area contributed by atoms with Crippen molar-refractivity contribution in [2.24, 2.45) is 11.8 Å². The van der Waals surface area contributed by atoms with Crippen LogP contribution >= 0.6 is 0 Å². The van der Waals surface area contributed by atoms with Crippen LogP contribution in [-0.2, 0) is 0 Å². The first-order chi connectivity index (χ1) is 7.03. The summed E-state index contributed by atoms with van der Waals surface area (Å²) in [4.78, 5) is 0. The van der Waals surface area contributed by atoms with Gasteiger partial charge in [-0.15, -0.1) is 0 Å². The van der Waals surface area contributed by atoms with Crippen molar-refractivity contribution in [3.8, 4) is 0 Å². The molecule has 2 unspecified atom stereocenters. The van der Waals surface area contributed by atoms with Gasteiger partial charge in [0.25, 0.3) is 0 Å².